The molecule has 8 unspecified atom stereocenters. The molecule has 430 valence electrons. The van der Waals surface area contributed by atoms with Crippen molar-refractivity contribution in [2.75, 3.05) is 106 Å². The lowest BCUT2D eigenvalue weighted by molar-refractivity contribution is -0.0671. The van der Waals surface area contributed by atoms with Gasteiger partial charge in [-0.1, -0.05) is 136 Å². The number of unbranched alkanes of at least 4 members (excludes halogenated alkanes) is 3. The number of hydrogen-bond donors (Lipinski definition) is 2. The van der Waals surface area contributed by atoms with Crippen molar-refractivity contribution in [3.8, 4) is 11.5 Å². The number of epoxide rings is 3. The Balaban J connectivity index is 0.000000514. The van der Waals surface area contributed by atoms with E-state index in [1.54, 1.807) is 31.4 Å². The van der Waals surface area contributed by atoms with Crippen LogP contribution in [0.5, 0.6) is 11.5 Å². The molecule has 0 radical (unpaired) electrons. The normalized spacial score (nSPS) is 17.7. The van der Waals surface area contributed by atoms with Gasteiger partial charge in [-0.25, -0.2) is 0 Å². The average molecular weight is 1060 g/mol. The van der Waals surface area contributed by atoms with Crippen molar-refractivity contribution in [1.82, 2.24) is 0 Å². The first-order chi connectivity index (χ1) is 36.6. The van der Waals surface area contributed by atoms with Crippen LogP contribution < -0.4 is 9.47 Å². The second kappa shape index (κ2) is 50.1. The van der Waals surface area contributed by atoms with E-state index in [0.717, 1.165) is 83.1 Å². The van der Waals surface area contributed by atoms with Crippen molar-refractivity contribution in [3.05, 3.63) is 96.8 Å². The molecule has 0 bridgehead atoms. The molecule has 13 heteroatoms. The highest BCUT2D eigenvalue weighted by Crippen LogP contribution is 2.17. The van der Waals surface area contributed by atoms with Gasteiger partial charge in [0.15, 0.2) is 0 Å². The fraction of sp³-hybridized carbons (Fsp3) is 0.710. The minimum atomic E-state index is -0.570. The van der Waals surface area contributed by atoms with Crippen LogP contribution >= 0.6 is 0 Å². The van der Waals surface area contributed by atoms with Gasteiger partial charge < -0.3 is 62.3 Å². The molecule has 3 saturated heterocycles. The van der Waals surface area contributed by atoms with Gasteiger partial charge in [0.05, 0.1) is 96.5 Å². The van der Waals surface area contributed by atoms with Gasteiger partial charge in [0, 0.05) is 33.0 Å². The molecule has 2 aromatic rings. The molecule has 0 spiro atoms. The average Bonchev–Trinajstić information content (AvgIpc) is 4.26. The zero-order valence-electron chi connectivity index (χ0n) is 48.2. The SMILES string of the molecule is C1CO1.CC1CO1.CCCCC(CC)COCC(COc1ccccc1)OCCOCC(C)OC.CCCCC(CC)COCC(O)COc1ccccc1.CCCCC(CC)COCC1CO1.OC1=CC=CC=[C+]1. The number of ether oxygens (including phenoxy) is 11. The summed E-state index contributed by atoms with van der Waals surface area (Å²) in [6.45, 7) is 27.7. The minimum Gasteiger partial charge on any atom is -0.491 e. The van der Waals surface area contributed by atoms with Crippen LogP contribution in [0, 0.1) is 23.8 Å². The number of aliphatic hydroxyl groups excluding tert-OH is 2. The van der Waals surface area contributed by atoms with Gasteiger partial charge in [0.2, 0.25) is 0 Å². The van der Waals surface area contributed by atoms with Crippen molar-refractivity contribution >= 4 is 0 Å². The zero-order chi connectivity index (χ0) is 54.8. The first-order valence-corrected chi connectivity index (χ1v) is 28.6. The van der Waals surface area contributed by atoms with E-state index in [4.69, 9.17) is 52.5 Å². The number of hydrogen-bond acceptors (Lipinski definition) is 13. The van der Waals surface area contributed by atoms with Crippen LogP contribution in [0.15, 0.2) is 90.7 Å². The van der Waals surface area contributed by atoms with Crippen molar-refractivity contribution in [2.24, 2.45) is 17.8 Å². The number of aliphatic hydroxyl groups is 2. The Morgan fingerprint density at radius 2 is 1.11 bits per heavy atom. The molecule has 3 heterocycles. The molecule has 0 aromatic heterocycles. The quantitative estimate of drug-likeness (QED) is 0.0375. The Bertz CT molecular complexity index is 1580. The molecule has 75 heavy (non-hydrogen) atoms. The van der Waals surface area contributed by atoms with E-state index in [0.29, 0.717) is 63.7 Å². The summed E-state index contributed by atoms with van der Waals surface area (Å²) in [7, 11) is 1.68. The van der Waals surface area contributed by atoms with Crippen molar-refractivity contribution in [3.63, 3.8) is 0 Å². The Labute approximate surface area is 456 Å². The molecule has 2 aromatic carbocycles. The number of benzene rings is 2. The summed E-state index contributed by atoms with van der Waals surface area (Å²) in [4.78, 5) is 0. The van der Waals surface area contributed by atoms with E-state index >= 15 is 0 Å². The third-order valence-electron chi connectivity index (χ3n) is 12.1. The lowest BCUT2D eigenvalue weighted by atomic mass is 10.0. The molecule has 6 rings (SSSR count). The molecule has 1 aliphatic carbocycles. The summed E-state index contributed by atoms with van der Waals surface area (Å²) in [6, 6.07) is 19.3. The van der Waals surface area contributed by atoms with Gasteiger partial charge >= 0.3 is 0 Å². The highest BCUT2D eigenvalue weighted by molar-refractivity contribution is 5.23. The molecular formula is C62H105O13+. The van der Waals surface area contributed by atoms with Crippen LogP contribution in [0.4, 0.5) is 0 Å². The predicted molar refractivity (Wildman–Crippen MR) is 303 cm³/mol. The molecule has 3 fully saturated rings. The smallest absolute Gasteiger partial charge is 0.286 e. The fourth-order valence-electron chi connectivity index (χ4n) is 6.64. The Kier molecular flexibility index (Phi) is 46.5. The summed E-state index contributed by atoms with van der Waals surface area (Å²) >= 11 is 0. The van der Waals surface area contributed by atoms with E-state index in [-0.39, 0.29) is 24.6 Å². The standard InChI is InChI=1S/C23H40O5.C17H28O3.C11H22O2.C6H4O.C3H6O.C2H4O/c1-5-7-11-21(6-2)17-26-18-23(19-28-22-12-9-8-10-13-22)27-15-14-25-16-20(3)24-4;1-3-5-9-15(4-2)12-19-13-16(18)14-20-17-10-7-6-8-11-17;1-3-5-6-10(4-2)7-12-8-11-9-13-11;7-6-4-2-1-3-5-6;1-3-2-4-3;1-2-3-1/h8-10,12-13,20-21,23H,5-7,11,14-19H2,1-4H3;6-8,10-11,15-16,18H,3-5,9,12-14H2,1-2H3;10-11H,3-9H2,1-2H3;1-4H;3H,2H2,1H3;1-2H2/p+1. The van der Waals surface area contributed by atoms with Crippen LogP contribution in [0.2, 0.25) is 0 Å². The van der Waals surface area contributed by atoms with Gasteiger partial charge in [0.25, 0.3) is 5.76 Å². The third-order valence-corrected chi connectivity index (χ3v) is 12.1. The first-order valence-electron chi connectivity index (χ1n) is 28.6. The topological polar surface area (TPSA) is 152 Å². The van der Waals surface area contributed by atoms with Gasteiger partial charge in [-0.05, 0) is 75.1 Å². The third kappa shape index (κ3) is 47.5. The van der Waals surface area contributed by atoms with Gasteiger partial charge in [0.1, 0.15) is 49.1 Å². The number of rotatable bonds is 37. The van der Waals surface area contributed by atoms with E-state index in [2.05, 4.69) is 59.3 Å². The Morgan fingerprint density at radius 3 is 1.51 bits per heavy atom. The molecule has 8 atom stereocenters. The van der Waals surface area contributed by atoms with Gasteiger partial charge in [-0.3, -0.25) is 0 Å². The van der Waals surface area contributed by atoms with Gasteiger partial charge in [-0.2, -0.15) is 0 Å². The van der Waals surface area contributed by atoms with E-state index in [1.165, 1.54) is 64.2 Å². The molecule has 0 amide bonds. The first kappa shape index (κ1) is 69.6. The Morgan fingerprint density at radius 1 is 0.613 bits per heavy atom. The molecule has 13 nitrogen and oxygen atoms in total. The zero-order valence-corrected chi connectivity index (χ0v) is 48.2. The number of methoxy groups -OCH3 is 1. The lowest BCUT2D eigenvalue weighted by Crippen LogP contribution is -2.30. The molecule has 3 aliphatic heterocycles. The van der Waals surface area contributed by atoms with Gasteiger partial charge in [-0.15, -0.1) is 0 Å². The second-order valence-electron chi connectivity index (χ2n) is 19.3. The Hall–Kier alpha value is -3.43. The highest BCUT2D eigenvalue weighted by Gasteiger charge is 2.23. The van der Waals surface area contributed by atoms with Crippen LogP contribution in [-0.2, 0) is 42.6 Å². The van der Waals surface area contributed by atoms with Crippen LogP contribution in [0.25, 0.3) is 0 Å². The van der Waals surface area contributed by atoms with Crippen LogP contribution in [-0.4, -0.2) is 147 Å². The fourth-order valence-corrected chi connectivity index (χ4v) is 6.64. The largest absolute Gasteiger partial charge is 0.491 e. The van der Waals surface area contributed by atoms with Crippen LogP contribution in [0.1, 0.15) is 132 Å². The van der Waals surface area contributed by atoms with Crippen molar-refractivity contribution in [1.29, 1.82) is 0 Å². The second-order valence-corrected chi connectivity index (χ2v) is 19.3. The van der Waals surface area contributed by atoms with E-state index in [9.17, 15) is 5.11 Å². The predicted octanol–water partition coefficient (Wildman–Crippen LogP) is 12.8. The maximum absolute atomic E-state index is 9.82. The summed E-state index contributed by atoms with van der Waals surface area (Å²) in [5.74, 6) is 3.81. The summed E-state index contributed by atoms with van der Waals surface area (Å²) in [5, 5.41) is 18.4. The monoisotopic (exact) mass is 1060 g/mol. The number of para-hydroxylation sites is 2. The summed E-state index contributed by atoms with van der Waals surface area (Å²) in [5.41, 5.74) is 0. The number of allylic oxidation sites excluding steroid dienone is 5. The molecule has 4 aliphatic rings. The van der Waals surface area contributed by atoms with Crippen LogP contribution in [0.3, 0.4) is 0 Å². The van der Waals surface area contributed by atoms with E-state index < -0.39 is 6.10 Å². The highest BCUT2D eigenvalue weighted by atomic mass is 16.6. The molecular weight excluding hydrogens is 953 g/mol. The molecule has 0 saturated carbocycles. The summed E-state index contributed by atoms with van der Waals surface area (Å²) < 4.78 is 59.5. The van der Waals surface area contributed by atoms with Crippen molar-refractivity contribution in [2.45, 2.75) is 163 Å². The van der Waals surface area contributed by atoms with E-state index in [1.807, 2.05) is 67.6 Å². The maximum atomic E-state index is 9.82. The lowest BCUT2D eigenvalue weighted by Gasteiger charge is -2.21. The van der Waals surface area contributed by atoms with Crippen molar-refractivity contribution < 1.29 is 62.3 Å². The molecule has 2 N–H and O–H groups in total. The minimum absolute atomic E-state index is 0.0923. The maximum Gasteiger partial charge on any atom is 0.286 e. The summed E-state index contributed by atoms with van der Waals surface area (Å²) in [6.07, 6.45) is 24.7.